The molecule has 1 aromatic carbocycles. The molecular weight excluding hydrogens is 260 g/mol. The van der Waals surface area contributed by atoms with Gasteiger partial charge in [0, 0.05) is 17.8 Å². The third kappa shape index (κ3) is 4.05. The summed E-state index contributed by atoms with van der Waals surface area (Å²) in [5.41, 5.74) is 3.86. The summed E-state index contributed by atoms with van der Waals surface area (Å²) in [4.78, 5) is 4.15. The number of aromatic nitrogens is 1. The van der Waals surface area contributed by atoms with Crippen molar-refractivity contribution < 1.29 is 4.74 Å². The monoisotopic (exact) mass is 284 g/mol. The summed E-state index contributed by atoms with van der Waals surface area (Å²) in [7, 11) is 1.70. The quantitative estimate of drug-likeness (QED) is 0.842. The van der Waals surface area contributed by atoms with Crippen LogP contribution in [0.3, 0.4) is 0 Å². The number of nitrogens with zero attached hydrogens (tertiary/aromatic N) is 1. The Balaban J connectivity index is 2.28. The SMILES string of the molecule is CCCNC(Cc1ccccc1C)c1ccncc1OC. The van der Waals surface area contributed by atoms with E-state index in [0.29, 0.717) is 0 Å². The first kappa shape index (κ1) is 15.5. The van der Waals surface area contributed by atoms with Gasteiger partial charge in [-0.25, -0.2) is 0 Å². The van der Waals surface area contributed by atoms with E-state index >= 15 is 0 Å². The lowest BCUT2D eigenvalue weighted by Crippen LogP contribution is -2.25. The van der Waals surface area contributed by atoms with Gasteiger partial charge in [0.2, 0.25) is 0 Å². The molecule has 1 unspecified atom stereocenters. The van der Waals surface area contributed by atoms with Gasteiger partial charge in [-0.1, -0.05) is 31.2 Å². The third-order valence-electron chi connectivity index (χ3n) is 3.74. The topological polar surface area (TPSA) is 34.2 Å². The molecule has 3 heteroatoms. The van der Waals surface area contributed by atoms with Crippen molar-refractivity contribution in [3.63, 3.8) is 0 Å². The number of nitrogens with one attached hydrogen (secondary N) is 1. The second-order valence-electron chi connectivity index (χ2n) is 5.25. The van der Waals surface area contributed by atoms with E-state index in [9.17, 15) is 0 Å². The first-order chi connectivity index (χ1) is 10.3. The average Bonchev–Trinajstić information content (AvgIpc) is 2.53. The fraction of sp³-hybridized carbons (Fsp3) is 0.389. The van der Waals surface area contributed by atoms with E-state index in [2.05, 4.69) is 48.4 Å². The molecule has 0 spiro atoms. The highest BCUT2D eigenvalue weighted by Crippen LogP contribution is 2.27. The van der Waals surface area contributed by atoms with Gasteiger partial charge in [0.15, 0.2) is 0 Å². The maximum absolute atomic E-state index is 5.47. The fourth-order valence-corrected chi connectivity index (χ4v) is 2.52. The zero-order chi connectivity index (χ0) is 15.1. The smallest absolute Gasteiger partial charge is 0.141 e. The standard InChI is InChI=1S/C18H24N2O/c1-4-10-20-17(12-15-8-6-5-7-14(15)2)16-9-11-19-13-18(16)21-3/h5-9,11,13,17,20H,4,10,12H2,1-3H3. The molecule has 2 rings (SSSR count). The predicted octanol–water partition coefficient (Wildman–Crippen LogP) is 3.68. The van der Waals surface area contributed by atoms with Crippen LogP contribution < -0.4 is 10.1 Å². The molecule has 0 amide bonds. The van der Waals surface area contributed by atoms with Crippen molar-refractivity contribution in [1.29, 1.82) is 0 Å². The number of methoxy groups -OCH3 is 1. The lowest BCUT2D eigenvalue weighted by molar-refractivity contribution is 0.396. The summed E-state index contributed by atoms with van der Waals surface area (Å²) < 4.78 is 5.47. The van der Waals surface area contributed by atoms with Gasteiger partial charge in [-0.15, -0.1) is 0 Å². The van der Waals surface area contributed by atoms with Crippen LogP contribution in [0.5, 0.6) is 5.75 Å². The number of hydrogen-bond donors (Lipinski definition) is 1. The summed E-state index contributed by atoms with van der Waals surface area (Å²) >= 11 is 0. The van der Waals surface area contributed by atoms with E-state index < -0.39 is 0 Å². The van der Waals surface area contributed by atoms with Gasteiger partial charge < -0.3 is 10.1 Å². The number of rotatable bonds is 7. The van der Waals surface area contributed by atoms with Crippen molar-refractivity contribution in [3.05, 3.63) is 59.4 Å². The molecule has 0 aliphatic carbocycles. The molecule has 0 bridgehead atoms. The summed E-state index contributed by atoms with van der Waals surface area (Å²) in [6, 6.07) is 10.8. The van der Waals surface area contributed by atoms with Gasteiger partial charge in [-0.2, -0.15) is 0 Å². The summed E-state index contributed by atoms with van der Waals surface area (Å²) in [6.45, 7) is 5.33. The molecule has 0 aliphatic rings. The normalized spacial score (nSPS) is 12.1. The highest BCUT2D eigenvalue weighted by molar-refractivity contribution is 5.35. The lowest BCUT2D eigenvalue weighted by atomic mass is 9.96. The van der Waals surface area contributed by atoms with E-state index in [0.717, 1.165) is 25.1 Å². The molecule has 0 fully saturated rings. The molecular formula is C18H24N2O. The molecule has 2 aromatic rings. The van der Waals surface area contributed by atoms with Gasteiger partial charge in [0.05, 0.1) is 13.3 Å². The Labute approximate surface area is 127 Å². The van der Waals surface area contributed by atoms with Crippen molar-refractivity contribution >= 4 is 0 Å². The summed E-state index contributed by atoms with van der Waals surface area (Å²) in [5, 5.41) is 3.63. The van der Waals surface area contributed by atoms with Crippen LogP contribution in [-0.2, 0) is 6.42 Å². The zero-order valence-electron chi connectivity index (χ0n) is 13.1. The van der Waals surface area contributed by atoms with E-state index in [1.165, 1.54) is 16.7 Å². The molecule has 0 radical (unpaired) electrons. The highest BCUT2D eigenvalue weighted by Gasteiger charge is 2.16. The Bertz CT molecular complexity index is 569. The van der Waals surface area contributed by atoms with Crippen LogP contribution >= 0.6 is 0 Å². The summed E-state index contributed by atoms with van der Waals surface area (Å²) in [5.74, 6) is 0.847. The largest absolute Gasteiger partial charge is 0.495 e. The van der Waals surface area contributed by atoms with Crippen LogP contribution in [0.25, 0.3) is 0 Å². The molecule has 0 saturated heterocycles. The minimum Gasteiger partial charge on any atom is -0.495 e. The maximum atomic E-state index is 5.47. The highest BCUT2D eigenvalue weighted by atomic mass is 16.5. The Hall–Kier alpha value is -1.87. The number of hydrogen-bond acceptors (Lipinski definition) is 3. The minimum atomic E-state index is 0.240. The van der Waals surface area contributed by atoms with Crippen molar-refractivity contribution in [2.24, 2.45) is 0 Å². The van der Waals surface area contributed by atoms with Crippen molar-refractivity contribution in [2.45, 2.75) is 32.7 Å². The second-order valence-corrected chi connectivity index (χ2v) is 5.25. The van der Waals surface area contributed by atoms with Gasteiger partial charge >= 0.3 is 0 Å². The van der Waals surface area contributed by atoms with Crippen LogP contribution in [-0.4, -0.2) is 18.6 Å². The van der Waals surface area contributed by atoms with E-state index in [-0.39, 0.29) is 6.04 Å². The third-order valence-corrected chi connectivity index (χ3v) is 3.74. The van der Waals surface area contributed by atoms with E-state index in [1.807, 2.05) is 12.3 Å². The molecule has 21 heavy (non-hydrogen) atoms. The van der Waals surface area contributed by atoms with Gasteiger partial charge in [0.25, 0.3) is 0 Å². The van der Waals surface area contributed by atoms with Crippen molar-refractivity contribution in [2.75, 3.05) is 13.7 Å². The Morgan fingerprint density at radius 2 is 2.05 bits per heavy atom. The second kappa shape index (κ2) is 7.79. The number of aryl methyl sites for hydroxylation is 1. The Morgan fingerprint density at radius 1 is 1.24 bits per heavy atom. The number of pyridine rings is 1. The first-order valence-corrected chi connectivity index (χ1v) is 7.52. The number of benzene rings is 1. The fourth-order valence-electron chi connectivity index (χ4n) is 2.52. The number of ether oxygens (including phenoxy) is 1. The molecule has 3 nitrogen and oxygen atoms in total. The summed E-state index contributed by atoms with van der Waals surface area (Å²) in [6.07, 6.45) is 5.68. The molecule has 112 valence electrons. The van der Waals surface area contributed by atoms with E-state index in [4.69, 9.17) is 4.74 Å². The van der Waals surface area contributed by atoms with Crippen LogP contribution in [0.2, 0.25) is 0 Å². The van der Waals surface area contributed by atoms with Gasteiger partial charge in [0.1, 0.15) is 5.75 Å². The van der Waals surface area contributed by atoms with Gasteiger partial charge in [-0.3, -0.25) is 4.98 Å². The predicted molar refractivity (Wildman–Crippen MR) is 86.7 cm³/mol. The lowest BCUT2D eigenvalue weighted by Gasteiger charge is -2.22. The van der Waals surface area contributed by atoms with Crippen LogP contribution in [0.4, 0.5) is 0 Å². The van der Waals surface area contributed by atoms with Crippen molar-refractivity contribution in [1.82, 2.24) is 10.3 Å². The molecule has 1 aromatic heterocycles. The molecule has 0 aliphatic heterocycles. The van der Waals surface area contributed by atoms with Gasteiger partial charge in [-0.05, 0) is 43.5 Å². The molecule has 1 heterocycles. The van der Waals surface area contributed by atoms with Crippen LogP contribution in [0.15, 0.2) is 42.7 Å². The van der Waals surface area contributed by atoms with Crippen LogP contribution in [0.1, 0.15) is 36.1 Å². The Kier molecular flexibility index (Phi) is 5.76. The molecule has 0 saturated carbocycles. The molecule has 1 N–H and O–H groups in total. The van der Waals surface area contributed by atoms with Crippen LogP contribution in [0, 0.1) is 6.92 Å². The van der Waals surface area contributed by atoms with E-state index in [1.54, 1.807) is 13.3 Å². The Morgan fingerprint density at radius 3 is 2.76 bits per heavy atom. The first-order valence-electron chi connectivity index (χ1n) is 7.52. The minimum absolute atomic E-state index is 0.240. The molecule has 1 atom stereocenters. The van der Waals surface area contributed by atoms with Crippen molar-refractivity contribution in [3.8, 4) is 5.75 Å². The zero-order valence-corrected chi connectivity index (χ0v) is 13.1. The maximum Gasteiger partial charge on any atom is 0.141 e. The average molecular weight is 284 g/mol.